The topological polar surface area (TPSA) is 42.6 Å². The molecule has 2 atom stereocenters. The van der Waals surface area contributed by atoms with Gasteiger partial charge < -0.3 is 14.8 Å². The number of aromatic nitrogens is 1. The molecule has 0 bridgehead atoms. The standard InChI is InChI=1S/C20H25N3O.C3H9N/c1-4-23(5-2)20(24)14-9-16-15-7-6-8-17-19(15)13(11-21-17)10-18(16)22(3)12-14;1-4(2)3/h6-9,11,14,18,21H,4-5,10,12H2,1-3H3;1-3H3/t14-,18-;/m1./s1. The maximum absolute atomic E-state index is 12.9. The molecule has 1 aliphatic carbocycles. The number of fused-ring (bicyclic) bond motifs is 2. The van der Waals surface area contributed by atoms with Gasteiger partial charge in [-0.15, -0.1) is 0 Å². The average Bonchev–Trinajstić information content (AvgIpc) is 3.07. The van der Waals surface area contributed by atoms with Gasteiger partial charge in [0.15, 0.2) is 0 Å². The Kier molecular flexibility index (Phi) is 6.26. The summed E-state index contributed by atoms with van der Waals surface area (Å²) in [6, 6.07) is 6.82. The molecular formula is C23H34N4O. The lowest BCUT2D eigenvalue weighted by Crippen LogP contribution is -2.47. The Morgan fingerprint density at radius 1 is 1.21 bits per heavy atom. The van der Waals surface area contributed by atoms with Crippen molar-refractivity contribution in [1.29, 1.82) is 0 Å². The molecule has 1 aromatic heterocycles. The highest BCUT2D eigenvalue weighted by molar-refractivity contribution is 5.99. The first kappa shape index (κ1) is 20.6. The maximum atomic E-state index is 12.9. The van der Waals surface area contributed by atoms with Gasteiger partial charge in [0.05, 0.1) is 5.92 Å². The lowest BCUT2D eigenvalue weighted by Gasteiger charge is -2.40. The molecule has 2 aliphatic rings. The van der Waals surface area contributed by atoms with Crippen molar-refractivity contribution >= 4 is 22.4 Å². The van der Waals surface area contributed by atoms with Crippen molar-refractivity contribution in [3.05, 3.63) is 41.6 Å². The van der Waals surface area contributed by atoms with E-state index in [4.69, 9.17) is 0 Å². The smallest absolute Gasteiger partial charge is 0.230 e. The molecule has 152 valence electrons. The summed E-state index contributed by atoms with van der Waals surface area (Å²) in [5.74, 6) is 0.210. The van der Waals surface area contributed by atoms with Gasteiger partial charge >= 0.3 is 0 Å². The molecule has 1 aromatic carbocycles. The van der Waals surface area contributed by atoms with E-state index < -0.39 is 0 Å². The summed E-state index contributed by atoms with van der Waals surface area (Å²) in [4.78, 5) is 22.6. The molecule has 28 heavy (non-hydrogen) atoms. The molecule has 1 aliphatic heterocycles. The van der Waals surface area contributed by atoms with E-state index in [2.05, 4.69) is 61.3 Å². The third kappa shape index (κ3) is 3.87. The summed E-state index contributed by atoms with van der Waals surface area (Å²) in [5.41, 5.74) is 5.21. The van der Waals surface area contributed by atoms with Gasteiger partial charge in [0, 0.05) is 42.8 Å². The number of likely N-dealkylation sites (N-methyl/N-ethyl adjacent to an activating group) is 1. The molecule has 0 radical (unpaired) electrons. The molecule has 2 aromatic rings. The van der Waals surface area contributed by atoms with Crippen LogP contribution in [0, 0.1) is 5.92 Å². The second kappa shape index (κ2) is 8.50. The van der Waals surface area contributed by atoms with E-state index in [1.807, 2.05) is 30.9 Å². The summed E-state index contributed by atoms with van der Waals surface area (Å²) in [7, 11) is 8.15. The molecule has 0 saturated heterocycles. The molecule has 0 unspecified atom stereocenters. The van der Waals surface area contributed by atoms with Gasteiger partial charge in [-0.05, 0) is 71.2 Å². The Morgan fingerprint density at radius 3 is 2.54 bits per heavy atom. The van der Waals surface area contributed by atoms with Crippen LogP contribution in [0.5, 0.6) is 0 Å². The molecule has 0 fully saturated rings. The lowest BCUT2D eigenvalue weighted by molar-refractivity contribution is -0.134. The summed E-state index contributed by atoms with van der Waals surface area (Å²) in [5, 5.41) is 1.34. The Morgan fingerprint density at radius 2 is 1.89 bits per heavy atom. The predicted octanol–water partition coefficient (Wildman–Crippen LogP) is 3.08. The van der Waals surface area contributed by atoms with Crippen LogP contribution in [0.4, 0.5) is 0 Å². The quantitative estimate of drug-likeness (QED) is 0.887. The predicted molar refractivity (Wildman–Crippen MR) is 117 cm³/mol. The highest BCUT2D eigenvalue weighted by Gasteiger charge is 2.36. The van der Waals surface area contributed by atoms with Crippen LogP contribution in [-0.4, -0.2) is 79.5 Å². The van der Waals surface area contributed by atoms with Crippen molar-refractivity contribution in [3.8, 4) is 0 Å². The number of hydrogen-bond acceptors (Lipinski definition) is 3. The summed E-state index contributed by atoms with van der Waals surface area (Å²) in [6.07, 6.45) is 5.41. The van der Waals surface area contributed by atoms with Gasteiger partial charge in [-0.1, -0.05) is 18.2 Å². The van der Waals surface area contributed by atoms with Gasteiger partial charge in [0.25, 0.3) is 0 Å². The molecule has 1 N–H and O–H groups in total. The van der Waals surface area contributed by atoms with E-state index in [0.29, 0.717) is 6.04 Å². The maximum Gasteiger partial charge on any atom is 0.230 e. The van der Waals surface area contributed by atoms with E-state index >= 15 is 0 Å². The minimum atomic E-state index is -0.0445. The highest BCUT2D eigenvalue weighted by atomic mass is 16.2. The van der Waals surface area contributed by atoms with Crippen LogP contribution < -0.4 is 0 Å². The minimum Gasteiger partial charge on any atom is -0.361 e. The lowest BCUT2D eigenvalue weighted by atomic mass is 9.79. The molecule has 0 spiro atoms. The Hall–Kier alpha value is -2.11. The van der Waals surface area contributed by atoms with E-state index in [-0.39, 0.29) is 11.8 Å². The van der Waals surface area contributed by atoms with Gasteiger partial charge in [-0.3, -0.25) is 9.69 Å². The SMILES string of the molecule is CCN(CC)C(=O)[C@@H]1C=C2c3cccc4[nH]cc(c34)C[C@H]2N(C)C1.CN(C)C. The summed E-state index contributed by atoms with van der Waals surface area (Å²) in [6.45, 7) is 6.47. The Labute approximate surface area is 169 Å². The van der Waals surface area contributed by atoms with E-state index in [1.165, 1.54) is 27.6 Å². The number of nitrogens with zero attached hydrogens (tertiary/aromatic N) is 3. The van der Waals surface area contributed by atoms with Crippen molar-refractivity contribution in [1.82, 2.24) is 19.7 Å². The third-order valence-corrected chi connectivity index (χ3v) is 5.66. The third-order valence-electron chi connectivity index (χ3n) is 5.66. The van der Waals surface area contributed by atoms with E-state index in [9.17, 15) is 4.79 Å². The number of carbonyl (C=O) groups is 1. The van der Waals surface area contributed by atoms with Gasteiger partial charge in [0.2, 0.25) is 5.91 Å². The fourth-order valence-electron chi connectivity index (χ4n) is 4.38. The fourth-order valence-corrected chi connectivity index (χ4v) is 4.38. The van der Waals surface area contributed by atoms with Crippen molar-refractivity contribution in [2.24, 2.45) is 5.92 Å². The van der Waals surface area contributed by atoms with E-state index in [1.54, 1.807) is 0 Å². The minimum absolute atomic E-state index is 0.0445. The largest absolute Gasteiger partial charge is 0.361 e. The second-order valence-corrected chi connectivity index (χ2v) is 8.28. The van der Waals surface area contributed by atoms with Crippen LogP contribution in [0.15, 0.2) is 30.5 Å². The molecule has 1 amide bonds. The van der Waals surface area contributed by atoms with E-state index in [0.717, 1.165) is 26.1 Å². The molecular weight excluding hydrogens is 348 g/mol. The molecule has 2 heterocycles. The number of H-pyrrole nitrogens is 1. The van der Waals surface area contributed by atoms with Gasteiger partial charge in [-0.2, -0.15) is 0 Å². The Balaban J connectivity index is 0.000000516. The molecule has 5 nitrogen and oxygen atoms in total. The number of rotatable bonds is 3. The second-order valence-electron chi connectivity index (χ2n) is 8.28. The fraction of sp³-hybridized carbons (Fsp3) is 0.522. The summed E-state index contributed by atoms with van der Waals surface area (Å²) >= 11 is 0. The van der Waals surface area contributed by atoms with Crippen molar-refractivity contribution in [2.75, 3.05) is 47.8 Å². The van der Waals surface area contributed by atoms with Crippen LogP contribution >= 0.6 is 0 Å². The van der Waals surface area contributed by atoms with Gasteiger partial charge in [0.1, 0.15) is 0 Å². The molecule has 4 rings (SSSR count). The number of benzene rings is 1. The number of carbonyl (C=O) groups excluding carboxylic acids is 1. The first-order chi connectivity index (χ1) is 13.4. The highest BCUT2D eigenvalue weighted by Crippen LogP contribution is 2.40. The first-order valence-electron chi connectivity index (χ1n) is 10.3. The number of aromatic amines is 1. The van der Waals surface area contributed by atoms with Crippen LogP contribution in [0.25, 0.3) is 16.5 Å². The zero-order valence-corrected chi connectivity index (χ0v) is 18.1. The summed E-state index contributed by atoms with van der Waals surface area (Å²) < 4.78 is 0. The monoisotopic (exact) mass is 382 g/mol. The van der Waals surface area contributed by atoms with Crippen LogP contribution in [0.1, 0.15) is 25.0 Å². The first-order valence-corrected chi connectivity index (χ1v) is 10.3. The Bertz CT molecular complexity index is 860. The van der Waals surface area contributed by atoms with Crippen LogP contribution in [-0.2, 0) is 11.2 Å². The van der Waals surface area contributed by atoms with Crippen molar-refractivity contribution in [2.45, 2.75) is 26.3 Å². The number of hydrogen-bond donors (Lipinski definition) is 1. The zero-order chi connectivity index (χ0) is 20.4. The molecule has 0 saturated carbocycles. The number of amides is 1. The van der Waals surface area contributed by atoms with Crippen molar-refractivity contribution < 1.29 is 4.79 Å². The zero-order valence-electron chi connectivity index (χ0n) is 18.1. The normalized spacial score (nSPS) is 21.0. The van der Waals surface area contributed by atoms with Crippen molar-refractivity contribution in [3.63, 3.8) is 0 Å². The van der Waals surface area contributed by atoms with Gasteiger partial charge in [-0.25, -0.2) is 0 Å². The average molecular weight is 383 g/mol. The van der Waals surface area contributed by atoms with Crippen LogP contribution in [0.3, 0.4) is 0 Å². The van der Waals surface area contributed by atoms with Crippen LogP contribution in [0.2, 0.25) is 0 Å². The molecule has 5 heteroatoms. The number of nitrogens with one attached hydrogen (secondary N) is 1.